The van der Waals surface area contributed by atoms with Gasteiger partial charge in [0.2, 0.25) is 0 Å². The minimum absolute atomic E-state index is 0.119. The number of fused-ring (bicyclic) bond motifs is 1. The summed E-state index contributed by atoms with van der Waals surface area (Å²) in [7, 11) is 0. The smallest absolute Gasteiger partial charge is 0.187 e. The van der Waals surface area contributed by atoms with E-state index < -0.39 is 11.9 Å². The van der Waals surface area contributed by atoms with Crippen LogP contribution in [0, 0.1) is 5.82 Å². The first-order chi connectivity index (χ1) is 9.68. The molecule has 0 bridgehead atoms. The van der Waals surface area contributed by atoms with E-state index >= 15 is 0 Å². The number of rotatable bonds is 2. The summed E-state index contributed by atoms with van der Waals surface area (Å²) in [6.45, 7) is 0.725. The van der Waals surface area contributed by atoms with Gasteiger partial charge in [0.15, 0.2) is 5.78 Å². The fraction of sp³-hybridized carbons (Fsp3) is 0.188. The largest absolute Gasteiger partial charge is 0.303 e. The molecule has 0 fully saturated rings. The van der Waals surface area contributed by atoms with E-state index in [9.17, 15) is 9.18 Å². The standard InChI is InChI=1S/C16H13BrFNO/c17-13-7-3-6-12(14(13)18)16(20)15-11-5-2-1-4-10(11)8-9-19-15/h1-7,15,19H,8-9H2. The number of hydrogen-bond acceptors (Lipinski definition) is 2. The highest BCUT2D eigenvalue weighted by molar-refractivity contribution is 9.10. The predicted octanol–water partition coefficient (Wildman–Crippen LogP) is 3.66. The molecular weight excluding hydrogens is 321 g/mol. The predicted molar refractivity (Wildman–Crippen MR) is 79.3 cm³/mol. The summed E-state index contributed by atoms with van der Waals surface area (Å²) < 4.78 is 14.4. The third-order valence-corrected chi connectivity index (χ3v) is 4.20. The first kappa shape index (κ1) is 13.5. The molecule has 0 aliphatic carbocycles. The van der Waals surface area contributed by atoms with Gasteiger partial charge in [-0.25, -0.2) is 4.39 Å². The minimum Gasteiger partial charge on any atom is -0.303 e. The zero-order valence-electron chi connectivity index (χ0n) is 10.7. The van der Waals surface area contributed by atoms with Crippen LogP contribution in [0.4, 0.5) is 4.39 Å². The van der Waals surface area contributed by atoms with Crippen molar-refractivity contribution < 1.29 is 9.18 Å². The van der Waals surface area contributed by atoms with Crippen LogP contribution in [0.25, 0.3) is 0 Å². The molecule has 2 aromatic rings. The molecule has 3 rings (SSSR count). The molecule has 0 aromatic heterocycles. The number of hydrogen-bond donors (Lipinski definition) is 1. The molecule has 20 heavy (non-hydrogen) atoms. The van der Waals surface area contributed by atoms with E-state index in [1.807, 2.05) is 24.3 Å². The molecule has 0 saturated carbocycles. The highest BCUT2D eigenvalue weighted by Gasteiger charge is 2.28. The van der Waals surface area contributed by atoms with E-state index in [4.69, 9.17) is 0 Å². The van der Waals surface area contributed by atoms with Gasteiger partial charge in [-0.05, 0) is 45.6 Å². The van der Waals surface area contributed by atoms with Crippen LogP contribution in [0.2, 0.25) is 0 Å². The summed E-state index contributed by atoms with van der Waals surface area (Å²) in [6, 6.07) is 12.1. The lowest BCUT2D eigenvalue weighted by atomic mass is 9.89. The van der Waals surface area contributed by atoms with Crippen molar-refractivity contribution in [2.75, 3.05) is 6.54 Å². The van der Waals surface area contributed by atoms with Crippen LogP contribution in [-0.4, -0.2) is 12.3 Å². The maximum absolute atomic E-state index is 14.1. The van der Waals surface area contributed by atoms with Crippen LogP contribution in [0.1, 0.15) is 27.5 Å². The van der Waals surface area contributed by atoms with Gasteiger partial charge in [-0.2, -0.15) is 0 Å². The number of Topliss-reactive ketones (excluding diaryl/α,β-unsaturated/α-hetero) is 1. The van der Waals surface area contributed by atoms with Crippen molar-refractivity contribution in [1.29, 1.82) is 0 Å². The Balaban J connectivity index is 2.02. The Labute approximate surface area is 125 Å². The molecule has 1 atom stereocenters. The quantitative estimate of drug-likeness (QED) is 0.850. The lowest BCUT2D eigenvalue weighted by Gasteiger charge is -2.26. The highest BCUT2D eigenvalue weighted by Crippen LogP contribution is 2.28. The van der Waals surface area contributed by atoms with Crippen LogP contribution in [-0.2, 0) is 6.42 Å². The van der Waals surface area contributed by atoms with Crippen LogP contribution < -0.4 is 5.32 Å². The highest BCUT2D eigenvalue weighted by atomic mass is 79.9. The van der Waals surface area contributed by atoms with Crippen molar-refractivity contribution in [3.63, 3.8) is 0 Å². The zero-order chi connectivity index (χ0) is 14.1. The Morgan fingerprint density at radius 1 is 1.20 bits per heavy atom. The number of carbonyl (C=O) groups excluding carboxylic acids is 1. The molecule has 0 spiro atoms. The average Bonchev–Trinajstić information content (AvgIpc) is 2.49. The number of benzene rings is 2. The Morgan fingerprint density at radius 2 is 2.00 bits per heavy atom. The fourth-order valence-corrected chi connectivity index (χ4v) is 2.95. The van der Waals surface area contributed by atoms with E-state index in [1.165, 1.54) is 6.07 Å². The Hall–Kier alpha value is -1.52. The fourth-order valence-electron chi connectivity index (χ4n) is 2.59. The van der Waals surface area contributed by atoms with Gasteiger partial charge in [0.05, 0.1) is 16.1 Å². The number of nitrogens with one attached hydrogen (secondary N) is 1. The zero-order valence-corrected chi connectivity index (χ0v) is 12.3. The molecule has 1 aliphatic rings. The van der Waals surface area contributed by atoms with Gasteiger partial charge in [-0.1, -0.05) is 30.3 Å². The molecule has 2 nitrogen and oxygen atoms in total. The van der Waals surface area contributed by atoms with Crippen molar-refractivity contribution in [3.8, 4) is 0 Å². The van der Waals surface area contributed by atoms with Gasteiger partial charge in [-0.15, -0.1) is 0 Å². The second kappa shape index (κ2) is 5.46. The van der Waals surface area contributed by atoms with Crippen LogP contribution in [0.15, 0.2) is 46.9 Å². The average molecular weight is 334 g/mol. The van der Waals surface area contributed by atoms with Crippen LogP contribution in [0.3, 0.4) is 0 Å². The first-order valence-electron chi connectivity index (χ1n) is 6.48. The Bertz CT molecular complexity index is 671. The maximum Gasteiger partial charge on any atom is 0.187 e. The summed E-state index contributed by atoms with van der Waals surface area (Å²) in [5.74, 6) is -0.724. The molecule has 0 radical (unpaired) electrons. The van der Waals surface area contributed by atoms with Crippen molar-refractivity contribution in [2.45, 2.75) is 12.5 Å². The van der Waals surface area contributed by atoms with E-state index in [-0.39, 0.29) is 11.3 Å². The number of halogens is 2. The van der Waals surface area contributed by atoms with Crippen LogP contribution >= 0.6 is 15.9 Å². The van der Waals surface area contributed by atoms with Crippen molar-refractivity contribution in [1.82, 2.24) is 5.32 Å². The third-order valence-electron chi connectivity index (χ3n) is 3.59. The second-order valence-corrected chi connectivity index (χ2v) is 5.66. The SMILES string of the molecule is O=C(c1cccc(Br)c1F)C1NCCc2ccccc21. The first-order valence-corrected chi connectivity index (χ1v) is 7.27. The number of carbonyl (C=O) groups is 1. The minimum atomic E-state index is -0.498. The van der Waals surface area contributed by atoms with Crippen LogP contribution in [0.5, 0.6) is 0 Å². The van der Waals surface area contributed by atoms with Gasteiger partial charge >= 0.3 is 0 Å². The number of ketones is 1. The van der Waals surface area contributed by atoms with Gasteiger partial charge < -0.3 is 5.32 Å². The summed E-state index contributed by atoms with van der Waals surface area (Å²) in [5.41, 5.74) is 2.22. The monoisotopic (exact) mass is 333 g/mol. The maximum atomic E-state index is 14.1. The summed E-state index contributed by atoms with van der Waals surface area (Å²) in [6.07, 6.45) is 0.890. The normalized spacial score (nSPS) is 17.6. The lowest BCUT2D eigenvalue weighted by molar-refractivity contribution is 0.0935. The summed E-state index contributed by atoms with van der Waals surface area (Å²) >= 11 is 3.12. The molecule has 1 heterocycles. The van der Waals surface area contributed by atoms with E-state index in [1.54, 1.807) is 12.1 Å². The third kappa shape index (κ3) is 2.30. The van der Waals surface area contributed by atoms with Gasteiger partial charge in [0.1, 0.15) is 5.82 Å². The molecule has 1 unspecified atom stereocenters. The molecule has 0 saturated heterocycles. The Morgan fingerprint density at radius 3 is 2.85 bits per heavy atom. The molecule has 1 N–H and O–H groups in total. The topological polar surface area (TPSA) is 29.1 Å². The molecule has 102 valence electrons. The van der Waals surface area contributed by atoms with Crippen molar-refractivity contribution in [2.24, 2.45) is 0 Å². The summed E-state index contributed by atoms with van der Waals surface area (Å²) in [4.78, 5) is 12.6. The van der Waals surface area contributed by atoms with Crippen molar-refractivity contribution >= 4 is 21.7 Å². The van der Waals surface area contributed by atoms with E-state index in [0.29, 0.717) is 4.47 Å². The molecule has 2 aromatic carbocycles. The molecule has 0 amide bonds. The van der Waals surface area contributed by atoms with E-state index in [0.717, 1.165) is 24.1 Å². The van der Waals surface area contributed by atoms with Gasteiger partial charge in [0.25, 0.3) is 0 Å². The lowest BCUT2D eigenvalue weighted by Crippen LogP contribution is -2.35. The molecule has 1 aliphatic heterocycles. The molecule has 4 heteroatoms. The Kier molecular flexibility index (Phi) is 3.68. The van der Waals surface area contributed by atoms with E-state index in [2.05, 4.69) is 21.2 Å². The molecular formula is C16H13BrFNO. The second-order valence-electron chi connectivity index (χ2n) is 4.80. The van der Waals surface area contributed by atoms with Crippen molar-refractivity contribution in [3.05, 3.63) is 69.4 Å². The van der Waals surface area contributed by atoms with Gasteiger partial charge in [-0.3, -0.25) is 4.79 Å². The van der Waals surface area contributed by atoms with Gasteiger partial charge in [0, 0.05) is 6.54 Å². The summed E-state index contributed by atoms with van der Waals surface area (Å²) in [5, 5.41) is 3.19.